The van der Waals surface area contributed by atoms with Crippen molar-refractivity contribution in [2.45, 2.75) is 19.8 Å². The minimum Gasteiger partial charge on any atom is -0.355 e. The van der Waals surface area contributed by atoms with Gasteiger partial charge in [0, 0.05) is 24.8 Å². The van der Waals surface area contributed by atoms with Gasteiger partial charge in [0.05, 0.1) is 5.92 Å². The maximum Gasteiger partial charge on any atom is 0.251 e. The zero-order valence-corrected chi connectivity index (χ0v) is 12.0. The fourth-order valence-corrected chi connectivity index (χ4v) is 2.46. The van der Waals surface area contributed by atoms with E-state index in [1.165, 1.54) is 0 Å². The van der Waals surface area contributed by atoms with Crippen molar-refractivity contribution in [1.82, 2.24) is 10.6 Å². The largest absolute Gasteiger partial charge is 0.355 e. The van der Waals surface area contributed by atoms with Gasteiger partial charge in [0.25, 0.3) is 5.91 Å². The first kappa shape index (κ1) is 14.5. The summed E-state index contributed by atoms with van der Waals surface area (Å²) in [6, 6.07) is 5.37. The van der Waals surface area contributed by atoms with E-state index >= 15 is 0 Å². The monoisotopic (exact) mass is 275 g/mol. The second-order valence-corrected chi connectivity index (χ2v) is 5.09. The number of piperidine rings is 1. The van der Waals surface area contributed by atoms with Crippen LogP contribution in [0.15, 0.2) is 18.2 Å². The maximum atomic E-state index is 12.2. The van der Waals surface area contributed by atoms with Crippen LogP contribution in [0.25, 0.3) is 0 Å². The topological polar surface area (TPSA) is 70.2 Å². The van der Waals surface area contributed by atoms with Gasteiger partial charge in [0.2, 0.25) is 5.91 Å². The smallest absolute Gasteiger partial charge is 0.251 e. The van der Waals surface area contributed by atoms with Crippen LogP contribution < -0.4 is 16.0 Å². The van der Waals surface area contributed by atoms with Gasteiger partial charge in [-0.05, 0) is 44.0 Å². The van der Waals surface area contributed by atoms with E-state index in [1.54, 1.807) is 19.2 Å². The number of amides is 2. The van der Waals surface area contributed by atoms with Crippen molar-refractivity contribution in [1.29, 1.82) is 0 Å². The van der Waals surface area contributed by atoms with Crippen LogP contribution in [0.1, 0.15) is 28.8 Å². The van der Waals surface area contributed by atoms with Gasteiger partial charge in [-0.25, -0.2) is 0 Å². The van der Waals surface area contributed by atoms with Crippen molar-refractivity contribution in [3.8, 4) is 0 Å². The third-order valence-electron chi connectivity index (χ3n) is 3.73. The van der Waals surface area contributed by atoms with E-state index in [1.807, 2.05) is 13.0 Å². The molecule has 0 aromatic heterocycles. The molecule has 0 radical (unpaired) electrons. The average Bonchev–Trinajstić information content (AvgIpc) is 2.49. The maximum absolute atomic E-state index is 12.2. The Hall–Kier alpha value is -1.88. The molecule has 20 heavy (non-hydrogen) atoms. The first-order valence-electron chi connectivity index (χ1n) is 6.96. The molecule has 108 valence electrons. The molecule has 1 unspecified atom stereocenters. The van der Waals surface area contributed by atoms with Crippen LogP contribution in [0.3, 0.4) is 0 Å². The second-order valence-electron chi connectivity index (χ2n) is 5.09. The van der Waals surface area contributed by atoms with Gasteiger partial charge in [-0.3, -0.25) is 9.59 Å². The van der Waals surface area contributed by atoms with E-state index in [4.69, 9.17) is 0 Å². The third kappa shape index (κ3) is 3.17. The Morgan fingerprint density at radius 3 is 2.80 bits per heavy atom. The molecule has 1 aliphatic rings. The number of anilines is 1. The average molecular weight is 275 g/mol. The SMILES string of the molecule is CNC(=O)c1cccc(NC(=O)C2CCCNC2)c1C. The molecule has 5 heteroatoms. The quantitative estimate of drug-likeness (QED) is 0.778. The van der Waals surface area contributed by atoms with Crippen molar-refractivity contribution >= 4 is 17.5 Å². The number of hydrogen-bond donors (Lipinski definition) is 3. The van der Waals surface area contributed by atoms with Crippen LogP contribution in [-0.4, -0.2) is 32.0 Å². The molecule has 1 heterocycles. The first-order valence-corrected chi connectivity index (χ1v) is 6.96. The van der Waals surface area contributed by atoms with Gasteiger partial charge in [-0.2, -0.15) is 0 Å². The summed E-state index contributed by atoms with van der Waals surface area (Å²) in [5, 5.41) is 8.77. The number of rotatable bonds is 3. The van der Waals surface area contributed by atoms with E-state index < -0.39 is 0 Å². The van der Waals surface area contributed by atoms with Crippen molar-refractivity contribution in [2.75, 3.05) is 25.5 Å². The zero-order valence-electron chi connectivity index (χ0n) is 12.0. The Labute approximate surface area is 119 Å². The fourth-order valence-electron chi connectivity index (χ4n) is 2.46. The number of hydrogen-bond acceptors (Lipinski definition) is 3. The normalized spacial score (nSPS) is 18.4. The molecule has 1 aromatic carbocycles. The van der Waals surface area contributed by atoms with Gasteiger partial charge >= 0.3 is 0 Å². The second kappa shape index (κ2) is 6.52. The Balaban J connectivity index is 2.12. The molecule has 2 rings (SSSR count). The Bertz CT molecular complexity index is 508. The van der Waals surface area contributed by atoms with E-state index in [0.717, 1.165) is 31.5 Å². The lowest BCUT2D eigenvalue weighted by Gasteiger charge is -2.22. The van der Waals surface area contributed by atoms with Crippen molar-refractivity contribution in [3.05, 3.63) is 29.3 Å². The lowest BCUT2D eigenvalue weighted by molar-refractivity contribution is -0.120. The molecule has 1 aromatic rings. The predicted octanol–water partition coefficient (Wildman–Crippen LogP) is 1.29. The van der Waals surface area contributed by atoms with Gasteiger partial charge in [0.1, 0.15) is 0 Å². The van der Waals surface area contributed by atoms with Crippen LogP contribution in [-0.2, 0) is 4.79 Å². The molecular weight excluding hydrogens is 254 g/mol. The van der Waals surface area contributed by atoms with Crippen molar-refractivity contribution in [2.24, 2.45) is 5.92 Å². The number of nitrogens with one attached hydrogen (secondary N) is 3. The molecule has 0 saturated carbocycles. The number of carbonyl (C=O) groups excluding carboxylic acids is 2. The molecule has 1 atom stereocenters. The molecule has 0 bridgehead atoms. The standard InChI is InChI=1S/C15H21N3O2/c1-10-12(15(20)16-2)6-3-7-13(10)18-14(19)11-5-4-8-17-9-11/h3,6-7,11,17H,4-5,8-9H2,1-2H3,(H,16,20)(H,18,19). The Morgan fingerprint density at radius 1 is 1.35 bits per heavy atom. The highest BCUT2D eigenvalue weighted by Gasteiger charge is 2.21. The lowest BCUT2D eigenvalue weighted by Crippen LogP contribution is -2.37. The van der Waals surface area contributed by atoms with E-state index in [0.29, 0.717) is 11.3 Å². The fraction of sp³-hybridized carbons (Fsp3) is 0.467. The molecule has 3 N–H and O–H groups in total. The summed E-state index contributed by atoms with van der Waals surface area (Å²) in [7, 11) is 1.60. The van der Waals surface area contributed by atoms with Crippen molar-refractivity contribution in [3.63, 3.8) is 0 Å². The minimum absolute atomic E-state index is 0.00630. The highest BCUT2D eigenvalue weighted by atomic mass is 16.2. The van der Waals surface area contributed by atoms with Gasteiger partial charge < -0.3 is 16.0 Å². The molecule has 5 nitrogen and oxygen atoms in total. The summed E-state index contributed by atoms with van der Waals surface area (Å²) in [5.41, 5.74) is 2.10. The van der Waals surface area contributed by atoms with Crippen LogP contribution in [0.4, 0.5) is 5.69 Å². The molecule has 1 saturated heterocycles. The summed E-state index contributed by atoms with van der Waals surface area (Å²) in [5.74, 6) is -0.112. The number of benzene rings is 1. The molecule has 0 spiro atoms. The molecular formula is C15H21N3O2. The van der Waals surface area contributed by atoms with E-state index in [-0.39, 0.29) is 17.7 Å². The minimum atomic E-state index is -0.141. The number of carbonyl (C=O) groups is 2. The molecule has 2 amide bonds. The van der Waals surface area contributed by atoms with Crippen LogP contribution in [0, 0.1) is 12.8 Å². The van der Waals surface area contributed by atoms with Gasteiger partial charge in [0.15, 0.2) is 0 Å². The highest BCUT2D eigenvalue weighted by molar-refractivity contribution is 5.99. The van der Waals surface area contributed by atoms with Crippen LogP contribution in [0.2, 0.25) is 0 Å². The zero-order chi connectivity index (χ0) is 14.5. The predicted molar refractivity (Wildman–Crippen MR) is 78.8 cm³/mol. The summed E-state index contributed by atoms with van der Waals surface area (Å²) < 4.78 is 0. The Morgan fingerprint density at radius 2 is 2.15 bits per heavy atom. The van der Waals surface area contributed by atoms with Crippen LogP contribution in [0.5, 0.6) is 0 Å². The summed E-state index contributed by atoms with van der Waals surface area (Å²) in [4.78, 5) is 24.0. The molecule has 0 aliphatic carbocycles. The first-order chi connectivity index (χ1) is 9.63. The van der Waals surface area contributed by atoms with E-state index in [9.17, 15) is 9.59 Å². The van der Waals surface area contributed by atoms with E-state index in [2.05, 4.69) is 16.0 Å². The molecule has 1 fully saturated rings. The third-order valence-corrected chi connectivity index (χ3v) is 3.73. The van der Waals surface area contributed by atoms with Gasteiger partial charge in [-0.15, -0.1) is 0 Å². The highest BCUT2D eigenvalue weighted by Crippen LogP contribution is 2.21. The summed E-state index contributed by atoms with van der Waals surface area (Å²) >= 11 is 0. The molecule has 1 aliphatic heterocycles. The Kier molecular flexibility index (Phi) is 4.74. The summed E-state index contributed by atoms with van der Waals surface area (Å²) in [6.07, 6.45) is 1.93. The van der Waals surface area contributed by atoms with Gasteiger partial charge in [-0.1, -0.05) is 6.07 Å². The summed E-state index contributed by atoms with van der Waals surface area (Å²) in [6.45, 7) is 3.55. The lowest BCUT2D eigenvalue weighted by atomic mass is 9.98. The van der Waals surface area contributed by atoms with Crippen molar-refractivity contribution < 1.29 is 9.59 Å². The van der Waals surface area contributed by atoms with Crippen LogP contribution >= 0.6 is 0 Å².